The van der Waals surface area contributed by atoms with Gasteiger partial charge < -0.3 is 31.3 Å². The molecule has 15 heteroatoms. The van der Waals surface area contributed by atoms with Gasteiger partial charge in [-0.2, -0.15) is 14.8 Å². The molecule has 246 valence electrons. The van der Waals surface area contributed by atoms with Crippen molar-refractivity contribution in [3.8, 4) is 0 Å². The molecule has 6 N–H and O–H groups in total. The third-order valence-corrected chi connectivity index (χ3v) is 8.31. The van der Waals surface area contributed by atoms with E-state index in [1.165, 1.54) is 11.1 Å². The number of nitrogens with zero attached hydrogens (tertiary/aromatic N) is 9. The number of pyridine rings is 1. The molecule has 0 saturated carbocycles. The van der Waals surface area contributed by atoms with Crippen molar-refractivity contribution in [1.29, 1.82) is 0 Å². The molecule has 0 unspecified atom stereocenters. The van der Waals surface area contributed by atoms with Crippen LogP contribution in [0.4, 0.5) is 17.6 Å². The topological polar surface area (TPSA) is 200 Å². The molecule has 5 heterocycles. The van der Waals surface area contributed by atoms with Gasteiger partial charge in [-0.05, 0) is 35.4 Å². The van der Waals surface area contributed by atoms with Gasteiger partial charge in [-0.25, -0.2) is 9.97 Å². The zero-order valence-electron chi connectivity index (χ0n) is 26.2. The maximum Gasteiger partial charge on any atom is 0.226 e. The zero-order chi connectivity index (χ0) is 33.0. The fraction of sp³-hybridized carbons (Fsp3) is 0.303. The lowest BCUT2D eigenvalue weighted by Crippen LogP contribution is -2.29. The molecule has 48 heavy (non-hydrogen) atoms. The molecule has 4 atom stereocenters. The van der Waals surface area contributed by atoms with Crippen molar-refractivity contribution in [2.45, 2.75) is 50.3 Å². The third kappa shape index (κ3) is 6.38. The summed E-state index contributed by atoms with van der Waals surface area (Å²) in [6.45, 7) is 3.37. The monoisotopic (exact) mass is 648 g/mol. The van der Waals surface area contributed by atoms with Gasteiger partial charge in [-0.3, -0.25) is 4.57 Å². The second kappa shape index (κ2) is 13.7. The number of hydrogen-bond donors (Lipinski definition) is 5. The van der Waals surface area contributed by atoms with Gasteiger partial charge in [-0.1, -0.05) is 66.7 Å². The molecule has 0 spiro atoms. The SMILES string of the molecule is CCn1nnc([C@H]2O[C@@H](n3cnc4c(NCC(c5ccccc5)c5ccccc5)nc(NCCc5cccc(N)n5)nc43)[C@H](O)[C@@H]2O)n1. The highest BCUT2D eigenvalue weighted by atomic mass is 16.6. The second-order valence-corrected chi connectivity index (χ2v) is 11.5. The number of benzene rings is 2. The van der Waals surface area contributed by atoms with Gasteiger partial charge in [-0.15, -0.1) is 10.2 Å². The molecule has 1 aliphatic rings. The van der Waals surface area contributed by atoms with E-state index in [2.05, 4.69) is 60.3 Å². The summed E-state index contributed by atoms with van der Waals surface area (Å²) in [6, 6.07) is 26.1. The lowest BCUT2D eigenvalue weighted by atomic mass is 9.91. The number of nitrogen functional groups attached to an aromatic ring is 1. The Labute approximate surface area is 275 Å². The number of fused-ring (bicyclic) bond motifs is 1. The molecule has 0 amide bonds. The molecule has 15 nitrogen and oxygen atoms in total. The minimum atomic E-state index is -1.32. The van der Waals surface area contributed by atoms with Gasteiger partial charge >= 0.3 is 0 Å². The minimum absolute atomic E-state index is 0.0189. The number of tetrazole rings is 1. The summed E-state index contributed by atoms with van der Waals surface area (Å²) < 4.78 is 7.74. The van der Waals surface area contributed by atoms with Gasteiger partial charge in [0.25, 0.3) is 0 Å². The first-order chi connectivity index (χ1) is 23.5. The van der Waals surface area contributed by atoms with Crippen LogP contribution in [0, 0.1) is 0 Å². The summed E-state index contributed by atoms with van der Waals surface area (Å²) in [5.74, 6) is 1.49. The van der Waals surface area contributed by atoms with E-state index in [0.717, 1.165) is 16.8 Å². The lowest BCUT2D eigenvalue weighted by molar-refractivity contribution is -0.0384. The van der Waals surface area contributed by atoms with Crippen LogP contribution < -0.4 is 16.4 Å². The molecule has 7 rings (SSSR count). The highest BCUT2D eigenvalue weighted by Crippen LogP contribution is 2.39. The smallest absolute Gasteiger partial charge is 0.226 e. The van der Waals surface area contributed by atoms with Crippen molar-refractivity contribution < 1.29 is 14.9 Å². The Morgan fingerprint density at radius 2 is 1.65 bits per heavy atom. The number of anilines is 3. The summed E-state index contributed by atoms with van der Waals surface area (Å²) in [7, 11) is 0. The van der Waals surface area contributed by atoms with Crippen molar-refractivity contribution >= 4 is 28.7 Å². The second-order valence-electron chi connectivity index (χ2n) is 11.5. The summed E-state index contributed by atoms with van der Waals surface area (Å²) in [5.41, 5.74) is 9.87. The summed E-state index contributed by atoms with van der Waals surface area (Å²) in [6.07, 6.45) is -2.54. The van der Waals surface area contributed by atoms with Crippen LogP contribution in [0.15, 0.2) is 85.2 Å². The van der Waals surface area contributed by atoms with Crippen molar-refractivity contribution in [3.63, 3.8) is 0 Å². The fourth-order valence-corrected chi connectivity index (χ4v) is 5.85. The standard InChI is InChI=1S/C33H36N12O3/c1-2-45-42-30(41-43-45)28-26(46)27(47)32(48-28)44-19-37-25-29(36-18-23(20-10-5-3-6-11-20)21-12-7-4-8-13-21)39-33(40-31(25)44)35-17-16-22-14-9-15-24(34)38-22/h3-15,19,23,26-28,32,46-47H,2,16-18H2,1H3,(H2,34,38)(H2,35,36,39,40)/t26-,27+,28-,32+/m0/s1. The molecular formula is C33H36N12O3. The Balaban J connectivity index is 1.21. The molecule has 2 aromatic carbocycles. The number of hydrogen-bond acceptors (Lipinski definition) is 13. The van der Waals surface area contributed by atoms with Crippen LogP contribution in [0.25, 0.3) is 11.2 Å². The first-order valence-electron chi connectivity index (χ1n) is 15.8. The van der Waals surface area contributed by atoms with Crippen LogP contribution >= 0.6 is 0 Å². The third-order valence-electron chi connectivity index (χ3n) is 8.31. The largest absolute Gasteiger partial charge is 0.387 e. The van der Waals surface area contributed by atoms with Crippen LogP contribution in [0.2, 0.25) is 0 Å². The van der Waals surface area contributed by atoms with Gasteiger partial charge in [0.2, 0.25) is 11.8 Å². The van der Waals surface area contributed by atoms with Crippen molar-refractivity contribution in [1.82, 2.24) is 44.7 Å². The summed E-state index contributed by atoms with van der Waals surface area (Å²) in [5, 5.41) is 41.2. The Hall–Kier alpha value is -5.51. The first kappa shape index (κ1) is 31.1. The van der Waals surface area contributed by atoms with E-state index in [4.69, 9.17) is 20.4 Å². The van der Waals surface area contributed by atoms with Gasteiger partial charge in [0, 0.05) is 31.1 Å². The van der Waals surface area contributed by atoms with Crippen LogP contribution in [-0.4, -0.2) is 80.2 Å². The van der Waals surface area contributed by atoms with E-state index in [0.29, 0.717) is 54.8 Å². The maximum atomic E-state index is 11.1. The number of rotatable bonds is 12. The number of aliphatic hydroxyl groups excluding tert-OH is 2. The molecule has 1 fully saturated rings. The first-order valence-corrected chi connectivity index (χ1v) is 15.8. The number of nitrogens with two attached hydrogens (primary N) is 1. The van der Waals surface area contributed by atoms with E-state index in [1.807, 2.05) is 55.5 Å². The summed E-state index contributed by atoms with van der Waals surface area (Å²) in [4.78, 5) is 20.0. The van der Waals surface area contributed by atoms with Crippen LogP contribution in [0.1, 0.15) is 47.8 Å². The van der Waals surface area contributed by atoms with Crippen LogP contribution in [-0.2, 0) is 17.7 Å². The molecule has 0 radical (unpaired) electrons. The minimum Gasteiger partial charge on any atom is -0.387 e. The zero-order valence-corrected chi connectivity index (χ0v) is 26.2. The Morgan fingerprint density at radius 3 is 2.33 bits per heavy atom. The van der Waals surface area contributed by atoms with Gasteiger partial charge in [0.05, 0.1) is 12.9 Å². The Kier molecular flexibility index (Phi) is 8.87. The number of nitrogens with one attached hydrogen (secondary N) is 2. The number of aliphatic hydroxyl groups is 2. The number of ether oxygens (including phenoxy) is 1. The average molecular weight is 649 g/mol. The fourth-order valence-electron chi connectivity index (χ4n) is 5.85. The predicted molar refractivity (Wildman–Crippen MR) is 178 cm³/mol. The van der Waals surface area contributed by atoms with E-state index in [9.17, 15) is 10.2 Å². The Morgan fingerprint density at radius 1 is 0.896 bits per heavy atom. The van der Waals surface area contributed by atoms with Gasteiger partial charge in [0.1, 0.15) is 18.0 Å². The van der Waals surface area contributed by atoms with E-state index < -0.39 is 24.5 Å². The van der Waals surface area contributed by atoms with Crippen LogP contribution in [0.5, 0.6) is 0 Å². The molecule has 1 saturated heterocycles. The Bertz CT molecular complexity index is 1930. The molecule has 6 aromatic rings. The van der Waals surface area contributed by atoms with Crippen LogP contribution in [0.3, 0.4) is 0 Å². The van der Waals surface area contributed by atoms with Gasteiger partial charge in [0.15, 0.2) is 29.3 Å². The van der Waals surface area contributed by atoms with Crippen molar-refractivity contribution in [3.05, 3.63) is 108 Å². The highest BCUT2D eigenvalue weighted by molar-refractivity contribution is 5.84. The number of aryl methyl sites for hydroxylation is 1. The molecule has 0 aliphatic carbocycles. The highest BCUT2D eigenvalue weighted by Gasteiger charge is 2.47. The van der Waals surface area contributed by atoms with E-state index in [-0.39, 0.29) is 11.7 Å². The molecule has 4 aromatic heterocycles. The number of imidazole rings is 1. The van der Waals surface area contributed by atoms with Crippen molar-refractivity contribution in [2.75, 3.05) is 29.5 Å². The summed E-state index contributed by atoms with van der Waals surface area (Å²) >= 11 is 0. The maximum absolute atomic E-state index is 11.1. The number of aromatic nitrogens is 9. The normalized spacial score (nSPS) is 19.2. The van der Waals surface area contributed by atoms with Crippen molar-refractivity contribution in [2.24, 2.45) is 0 Å². The average Bonchev–Trinajstić information content (AvgIpc) is 3.84. The molecule has 1 aliphatic heterocycles. The van der Waals surface area contributed by atoms with E-state index in [1.54, 1.807) is 10.6 Å². The molecular weight excluding hydrogens is 612 g/mol. The predicted octanol–water partition coefficient (Wildman–Crippen LogP) is 2.70. The molecule has 0 bridgehead atoms. The quantitative estimate of drug-likeness (QED) is 0.130. The lowest BCUT2D eigenvalue weighted by Gasteiger charge is -2.20. The van der Waals surface area contributed by atoms with E-state index >= 15 is 0 Å².